The number of hydrogen-bond donors (Lipinski definition) is 2. The molecule has 1 unspecified atom stereocenters. The van der Waals surface area contributed by atoms with Gasteiger partial charge in [-0.25, -0.2) is 0 Å². The van der Waals surface area contributed by atoms with Gasteiger partial charge in [0.05, 0.1) is 0 Å². The fourth-order valence-electron chi connectivity index (χ4n) is 4.58. The minimum absolute atomic E-state index is 0.638. The Balaban J connectivity index is 1.32. The van der Waals surface area contributed by atoms with Gasteiger partial charge in [0.15, 0.2) is 0 Å². The molecular formula is C20H31N3. The van der Waals surface area contributed by atoms with Crippen molar-refractivity contribution < 1.29 is 0 Å². The highest BCUT2D eigenvalue weighted by atomic mass is 15.2. The largest absolute Gasteiger partial charge is 0.312 e. The van der Waals surface area contributed by atoms with E-state index in [9.17, 15) is 0 Å². The van der Waals surface area contributed by atoms with Crippen molar-refractivity contribution in [2.45, 2.75) is 56.7 Å². The van der Waals surface area contributed by atoms with Gasteiger partial charge in [0.2, 0.25) is 0 Å². The van der Waals surface area contributed by atoms with Crippen molar-refractivity contribution in [2.75, 3.05) is 26.2 Å². The number of rotatable bonds is 4. The molecule has 0 radical (unpaired) electrons. The minimum atomic E-state index is 0.638. The molecule has 2 N–H and O–H groups in total. The zero-order chi connectivity index (χ0) is 15.5. The third-order valence-corrected chi connectivity index (χ3v) is 6.16. The van der Waals surface area contributed by atoms with Crippen LogP contribution < -0.4 is 10.6 Å². The van der Waals surface area contributed by atoms with Crippen molar-refractivity contribution in [2.24, 2.45) is 5.92 Å². The van der Waals surface area contributed by atoms with Crippen LogP contribution in [-0.4, -0.2) is 49.2 Å². The third kappa shape index (κ3) is 3.78. The SMILES string of the molecule is c1ccc(C[C@H]2CNC([C@@H]3CN(C4CCC4)CCCN3)C2)cc1. The van der Waals surface area contributed by atoms with E-state index in [1.54, 1.807) is 0 Å². The Morgan fingerprint density at radius 2 is 1.87 bits per heavy atom. The van der Waals surface area contributed by atoms with Crippen LogP contribution in [0.15, 0.2) is 30.3 Å². The van der Waals surface area contributed by atoms with E-state index < -0.39 is 0 Å². The second-order valence-electron chi connectivity index (χ2n) is 7.80. The van der Waals surface area contributed by atoms with Crippen molar-refractivity contribution in [1.82, 2.24) is 15.5 Å². The van der Waals surface area contributed by atoms with E-state index in [1.807, 2.05) is 0 Å². The summed E-state index contributed by atoms with van der Waals surface area (Å²) in [7, 11) is 0. The summed E-state index contributed by atoms with van der Waals surface area (Å²) in [6.07, 6.45) is 8.17. The van der Waals surface area contributed by atoms with Gasteiger partial charge in [0.1, 0.15) is 0 Å². The quantitative estimate of drug-likeness (QED) is 0.894. The summed E-state index contributed by atoms with van der Waals surface area (Å²) in [5.41, 5.74) is 1.49. The lowest BCUT2D eigenvalue weighted by atomic mass is 9.90. The molecule has 4 rings (SSSR count). The Morgan fingerprint density at radius 1 is 1.00 bits per heavy atom. The zero-order valence-electron chi connectivity index (χ0n) is 14.2. The number of benzene rings is 1. The van der Waals surface area contributed by atoms with Crippen molar-refractivity contribution >= 4 is 0 Å². The Kier molecular flexibility index (Phi) is 4.98. The van der Waals surface area contributed by atoms with Crippen LogP contribution in [0.1, 0.15) is 37.7 Å². The van der Waals surface area contributed by atoms with E-state index >= 15 is 0 Å². The van der Waals surface area contributed by atoms with Crippen LogP contribution >= 0.6 is 0 Å². The van der Waals surface area contributed by atoms with Gasteiger partial charge in [-0.15, -0.1) is 0 Å². The molecule has 1 saturated carbocycles. The molecule has 126 valence electrons. The van der Waals surface area contributed by atoms with Crippen LogP contribution in [0.5, 0.6) is 0 Å². The Hall–Kier alpha value is -0.900. The second-order valence-corrected chi connectivity index (χ2v) is 7.80. The molecule has 3 fully saturated rings. The van der Waals surface area contributed by atoms with Crippen LogP contribution in [0.25, 0.3) is 0 Å². The van der Waals surface area contributed by atoms with E-state index in [-0.39, 0.29) is 0 Å². The van der Waals surface area contributed by atoms with E-state index in [4.69, 9.17) is 0 Å². The molecule has 3 heteroatoms. The Labute approximate surface area is 140 Å². The molecular weight excluding hydrogens is 282 g/mol. The first-order valence-corrected chi connectivity index (χ1v) is 9.63. The topological polar surface area (TPSA) is 27.3 Å². The fraction of sp³-hybridized carbons (Fsp3) is 0.700. The average Bonchev–Trinajstić information content (AvgIpc) is 2.84. The van der Waals surface area contributed by atoms with E-state index in [0.29, 0.717) is 12.1 Å². The first-order valence-electron chi connectivity index (χ1n) is 9.63. The van der Waals surface area contributed by atoms with Gasteiger partial charge in [-0.05, 0) is 63.2 Å². The normalized spacial score (nSPS) is 33.3. The van der Waals surface area contributed by atoms with Gasteiger partial charge >= 0.3 is 0 Å². The highest BCUT2D eigenvalue weighted by Gasteiger charge is 2.34. The number of nitrogens with one attached hydrogen (secondary N) is 2. The lowest BCUT2D eigenvalue weighted by molar-refractivity contribution is 0.120. The van der Waals surface area contributed by atoms with Crippen molar-refractivity contribution in [3.8, 4) is 0 Å². The lowest BCUT2D eigenvalue weighted by Crippen LogP contribution is -2.52. The molecule has 0 spiro atoms. The van der Waals surface area contributed by atoms with Gasteiger partial charge in [-0.2, -0.15) is 0 Å². The summed E-state index contributed by atoms with van der Waals surface area (Å²) >= 11 is 0. The van der Waals surface area contributed by atoms with Gasteiger partial charge in [-0.3, -0.25) is 4.90 Å². The standard InChI is InChI=1S/C20H31N3/c1-2-6-16(7-3-1)12-17-13-19(22-14-17)20-15-23(11-5-10-21-20)18-8-4-9-18/h1-3,6-7,17-22H,4-5,8-15H2/t17-,19?,20+/m1/s1. The van der Waals surface area contributed by atoms with Crippen molar-refractivity contribution in [3.63, 3.8) is 0 Å². The van der Waals surface area contributed by atoms with Gasteiger partial charge in [0.25, 0.3) is 0 Å². The van der Waals surface area contributed by atoms with E-state index in [0.717, 1.165) is 12.0 Å². The second kappa shape index (κ2) is 7.33. The Bertz CT molecular complexity index is 485. The zero-order valence-corrected chi connectivity index (χ0v) is 14.2. The van der Waals surface area contributed by atoms with Crippen molar-refractivity contribution in [3.05, 3.63) is 35.9 Å². The molecule has 3 atom stereocenters. The maximum Gasteiger partial charge on any atom is 0.0349 e. The van der Waals surface area contributed by atoms with Crippen LogP contribution in [0.4, 0.5) is 0 Å². The maximum atomic E-state index is 3.84. The maximum absolute atomic E-state index is 3.84. The van der Waals surface area contributed by atoms with E-state index in [1.165, 1.54) is 70.3 Å². The molecule has 3 aliphatic rings. The number of nitrogens with zero attached hydrogens (tertiary/aromatic N) is 1. The molecule has 0 amide bonds. The summed E-state index contributed by atoms with van der Waals surface area (Å²) in [6.45, 7) is 4.92. The summed E-state index contributed by atoms with van der Waals surface area (Å²) in [5.74, 6) is 0.796. The molecule has 2 saturated heterocycles. The predicted molar refractivity (Wildman–Crippen MR) is 95.7 cm³/mol. The monoisotopic (exact) mass is 313 g/mol. The molecule has 2 heterocycles. The average molecular weight is 313 g/mol. The molecule has 3 nitrogen and oxygen atoms in total. The van der Waals surface area contributed by atoms with Crippen molar-refractivity contribution in [1.29, 1.82) is 0 Å². The van der Waals surface area contributed by atoms with Gasteiger partial charge < -0.3 is 10.6 Å². The van der Waals surface area contributed by atoms with Crippen LogP contribution in [-0.2, 0) is 6.42 Å². The fourth-order valence-corrected chi connectivity index (χ4v) is 4.58. The van der Waals surface area contributed by atoms with Crippen LogP contribution in [0, 0.1) is 5.92 Å². The summed E-state index contributed by atoms with van der Waals surface area (Å²) in [4.78, 5) is 2.78. The highest BCUT2D eigenvalue weighted by Crippen LogP contribution is 2.27. The summed E-state index contributed by atoms with van der Waals surface area (Å²) in [5, 5.41) is 7.67. The van der Waals surface area contributed by atoms with Gasteiger partial charge in [-0.1, -0.05) is 36.8 Å². The molecule has 2 aliphatic heterocycles. The molecule has 1 aliphatic carbocycles. The molecule has 1 aromatic carbocycles. The molecule has 0 aromatic heterocycles. The number of hydrogen-bond acceptors (Lipinski definition) is 3. The summed E-state index contributed by atoms with van der Waals surface area (Å²) in [6, 6.07) is 13.2. The third-order valence-electron chi connectivity index (χ3n) is 6.16. The summed E-state index contributed by atoms with van der Waals surface area (Å²) < 4.78 is 0. The highest BCUT2D eigenvalue weighted by molar-refractivity contribution is 5.16. The van der Waals surface area contributed by atoms with Gasteiger partial charge in [0, 0.05) is 24.7 Å². The Morgan fingerprint density at radius 3 is 2.65 bits per heavy atom. The predicted octanol–water partition coefficient (Wildman–Crippen LogP) is 2.42. The van der Waals surface area contributed by atoms with Crippen LogP contribution in [0.3, 0.4) is 0 Å². The first kappa shape index (κ1) is 15.6. The van der Waals surface area contributed by atoms with Crippen LogP contribution in [0.2, 0.25) is 0 Å². The first-order chi connectivity index (χ1) is 11.4. The smallest absolute Gasteiger partial charge is 0.0349 e. The molecule has 23 heavy (non-hydrogen) atoms. The van der Waals surface area contributed by atoms with E-state index in [2.05, 4.69) is 45.9 Å². The lowest BCUT2D eigenvalue weighted by Gasteiger charge is -2.39. The molecule has 1 aromatic rings. The minimum Gasteiger partial charge on any atom is -0.312 e. The molecule has 0 bridgehead atoms.